The molecule has 0 aliphatic carbocycles. The van der Waals surface area contributed by atoms with E-state index in [9.17, 15) is 18.0 Å². The quantitative estimate of drug-likeness (QED) is 0.503. The van der Waals surface area contributed by atoms with Gasteiger partial charge in [0.15, 0.2) is 9.84 Å². The summed E-state index contributed by atoms with van der Waals surface area (Å²) in [5.74, 6) is -1.30. The Balaban J connectivity index is 1.88. The van der Waals surface area contributed by atoms with Crippen LogP contribution in [0.25, 0.3) is 0 Å². The maximum Gasteiger partial charge on any atom is 0.312 e. The van der Waals surface area contributed by atoms with Gasteiger partial charge >= 0.3 is 11.8 Å². The number of ether oxygens (including phenoxy) is 1. The van der Waals surface area contributed by atoms with Crippen molar-refractivity contribution in [1.82, 2.24) is 20.0 Å². The number of hydrogen-bond acceptors (Lipinski definition) is 7. The van der Waals surface area contributed by atoms with E-state index in [1.807, 2.05) is 19.0 Å². The fourth-order valence-electron chi connectivity index (χ4n) is 3.14. The lowest BCUT2D eigenvalue weighted by molar-refractivity contribution is -0.147. The molecule has 0 spiro atoms. The maximum absolute atomic E-state index is 12.6. The van der Waals surface area contributed by atoms with Gasteiger partial charge < -0.3 is 19.9 Å². The summed E-state index contributed by atoms with van der Waals surface area (Å²) in [4.78, 5) is 30.4. The smallest absolute Gasteiger partial charge is 0.312 e. The molecule has 0 saturated carbocycles. The van der Waals surface area contributed by atoms with E-state index in [-0.39, 0.29) is 11.5 Å². The predicted molar refractivity (Wildman–Crippen MR) is 97.6 cm³/mol. The van der Waals surface area contributed by atoms with Crippen LogP contribution in [0, 0.1) is 0 Å². The molecule has 1 N–H and O–H groups in total. The molecule has 0 bridgehead atoms. The molecule has 1 atom stereocenters. The molecule has 0 aromatic heterocycles. The number of rotatable bonds is 7. The maximum atomic E-state index is 12.6. The topological polar surface area (TPSA) is 99.3 Å². The molecule has 1 unspecified atom stereocenters. The van der Waals surface area contributed by atoms with Gasteiger partial charge in [-0.3, -0.25) is 14.5 Å². The van der Waals surface area contributed by atoms with E-state index in [0.29, 0.717) is 45.8 Å². The minimum atomic E-state index is -3.13. The minimum absolute atomic E-state index is 0.0623. The van der Waals surface area contributed by atoms with Crippen molar-refractivity contribution in [2.45, 2.75) is 12.5 Å². The van der Waals surface area contributed by atoms with Gasteiger partial charge in [0.1, 0.15) is 0 Å². The highest BCUT2D eigenvalue weighted by Gasteiger charge is 2.36. The van der Waals surface area contributed by atoms with Crippen molar-refractivity contribution in [2.24, 2.45) is 0 Å². The highest BCUT2D eigenvalue weighted by Crippen LogP contribution is 2.18. The van der Waals surface area contributed by atoms with Crippen LogP contribution in [0.4, 0.5) is 0 Å². The Hall–Kier alpha value is -1.23. The Labute approximate surface area is 155 Å². The van der Waals surface area contributed by atoms with Crippen LogP contribution in [0.15, 0.2) is 0 Å². The number of carbonyl (C=O) groups is 2. The lowest BCUT2D eigenvalue weighted by Gasteiger charge is -2.29. The molecule has 2 fully saturated rings. The zero-order valence-electron chi connectivity index (χ0n) is 15.6. The molecule has 0 aromatic rings. The van der Waals surface area contributed by atoms with Crippen LogP contribution in [0.1, 0.15) is 6.42 Å². The zero-order valence-corrected chi connectivity index (χ0v) is 16.5. The van der Waals surface area contributed by atoms with Crippen LogP contribution in [0.5, 0.6) is 0 Å². The van der Waals surface area contributed by atoms with E-state index >= 15 is 0 Å². The Kier molecular flexibility index (Phi) is 7.81. The van der Waals surface area contributed by atoms with Crippen LogP contribution in [-0.4, -0.2) is 119 Å². The fraction of sp³-hybridized carbons (Fsp3) is 0.875. The van der Waals surface area contributed by atoms with Crippen LogP contribution in [0.3, 0.4) is 0 Å². The van der Waals surface area contributed by atoms with Gasteiger partial charge in [0.25, 0.3) is 0 Å². The first-order chi connectivity index (χ1) is 12.3. The third-order valence-corrected chi connectivity index (χ3v) is 6.46. The Morgan fingerprint density at radius 1 is 1.19 bits per heavy atom. The molecule has 10 heteroatoms. The van der Waals surface area contributed by atoms with Crippen molar-refractivity contribution >= 4 is 21.7 Å². The largest absolute Gasteiger partial charge is 0.379 e. The van der Waals surface area contributed by atoms with E-state index in [1.165, 1.54) is 4.90 Å². The fourth-order valence-corrected chi connectivity index (χ4v) is 4.87. The van der Waals surface area contributed by atoms with Gasteiger partial charge in [-0.15, -0.1) is 0 Å². The van der Waals surface area contributed by atoms with Crippen molar-refractivity contribution in [3.05, 3.63) is 0 Å². The highest BCUT2D eigenvalue weighted by atomic mass is 32.2. The summed E-state index contributed by atoms with van der Waals surface area (Å²) in [6.07, 6.45) is 0.391. The van der Waals surface area contributed by atoms with Crippen molar-refractivity contribution in [3.63, 3.8) is 0 Å². The predicted octanol–water partition coefficient (Wildman–Crippen LogP) is -1.99. The van der Waals surface area contributed by atoms with Gasteiger partial charge in [-0.2, -0.15) is 0 Å². The standard InChI is InChI=1S/C16H30N4O5S/c1-18(2)6-7-20(14-3-12-26(23,24)13-14)16(22)15(21)17-4-5-19-8-10-25-11-9-19/h14H,3-13H2,1-2H3,(H,17,21). The second-order valence-electron chi connectivity index (χ2n) is 7.07. The van der Waals surface area contributed by atoms with Gasteiger partial charge in [-0.25, -0.2) is 8.42 Å². The van der Waals surface area contributed by atoms with Crippen molar-refractivity contribution < 1.29 is 22.7 Å². The first-order valence-electron chi connectivity index (χ1n) is 9.02. The third-order valence-electron chi connectivity index (χ3n) is 4.71. The zero-order chi connectivity index (χ0) is 19.2. The Morgan fingerprint density at radius 2 is 1.88 bits per heavy atom. The van der Waals surface area contributed by atoms with E-state index in [2.05, 4.69) is 10.2 Å². The summed E-state index contributed by atoms with van der Waals surface area (Å²) >= 11 is 0. The Morgan fingerprint density at radius 3 is 2.46 bits per heavy atom. The monoisotopic (exact) mass is 390 g/mol. The number of morpholine rings is 1. The van der Waals surface area contributed by atoms with Gasteiger partial charge in [0.05, 0.1) is 24.7 Å². The van der Waals surface area contributed by atoms with Gasteiger partial charge in [0, 0.05) is 45.3 Å². The van der Waals surface area contributed by atoms with Gasteiger partial charge in [-0.1, -0.05) is 0 Å². The Bertz CT molecular complexity index is 589. The van der Waals surface area contributed by atoms with Crippen molar-refractivity contribution in [2.75, 3.05) is 78.1 Å². The van der Waals surface area contributed by atoms with Crippen LogP contribution >= 0.6 is 0 Å². The molecule has 2 heterocycles. The number of nitrogens with zero attached hydrogens (tertiary/aromatic N) is 3. The SMILES string of the molecule is CN(C)CCN(C(=O)C(=O)NCCN1CCOCC1)C1CCS(=O)(=O)C1. The molecule has 2 aliphatic rings. The van der Waals surface area contributed by atoms with E-state index in [1.54, 1.807) is 0 Å². The average molecular weight is 391 g/mol. The molecule has 2 rings (SSSR count). The van der Waals surface area contributed by atoms with Crippen LogP contribution < -0.4 is 5.32 Å². The molecule has 0 aromatic carbocycles. The summed E-state index contributed by atoms with van der Waals surface area (Å²) in [6.45, 7) is 4.96. The van der Waals surface area contributed by atoms with Gasteiger partial charge in [0.2, 0.25) is 0 Å². The molecular weight excluding hydrogens is 360 g/mol. The lowest BCUT2D eigenvalue weighted by atomic mass is 10.2. The molecule has 2 amide bonds. The van der Waals surface area contributed by atoms with Crippen LogP contribution in [0.2, 0.25) is 0 Å². The summed E-state index contributed by atoms with van der Waals surface area (Å²) in [5, 5.41) is 2.67. The number of carbonyl (C=O) groups excluding carboxylic acids is 2. The molecule has 2 aliphatic heterocycles. The first kappa shape index (κ1) is 21.1. The summed E-state index contributed by atoms with van der Waals surface area (Å²) < 4.78 is 28.8. The number of hydrogen-bond donors (Lipinski definition) is 1. The normalized spacial score (nSPS) is 23.1. The second-order valence-corrected chi connectivity index (χ2v) is 9.30. The van der Waals surface area contributed by atoms with E-state index in [0.717, 1.165) is 13.1 Å². The summed E-state index contributed by atoms with van der Waals surface area (Å²) in [5.41, 5.74) is 0. The minimum Gasteiger partial charge on any atom is -0.379 e. The molecule has 0 radical (unpaired) electrons. The molecule has 9 nitrogen and oxygen atoms in total. The van der Waals surface area contributed by atoms with Crippen molar-refractivity contribution in [3.8, 4) is 0 Å². The number of likely N-dealkylation sites (N-methyl/N-ethyl adjacent to an activating group) is 1. The number of sulfone groups is 1. The highest BCUT2D eigenvalue weighted by molar-refractivity contribution is 7.91. The number of amides is 2. The molecule has 26 heavy (non-hydrogen) atoms. The van der Waals surface area contributed by atoms with Crippen molar-refractivity contribution in [1.29, 1.82) is 0 Å². The van der Waals surface area contributed by atoms with E-state index in [4.69, 9.17) is 4.74 Å². The molecular formula is C16H30N4O5S. The molecule has 150 valence electrons. The first-order valence-corrected chi connectivity index (χ1v) is 10.8. The van der Waals surface area contributed by atoms with E-state index < -0.39 is 27.7 Å². The summed E-state index contributed by atoms with van der Waals surface area (Å²) in [7, 11) is 0.616. The van der Waals surface area contributed by atoms with Gasteiger partial charge in [-0.05, 0) is 20.5 Å². The summed E-state index contributed by atoms with van der Waals surface area (Å²) in [6, 6.07) is -0.419. The number of nitrogens with one attached hydrogen (secondary N) is 1. The van der Waals surface area contributed by atoms with Crippen LogP contribution in [-0.2, 0) is 24.2 Å². The average Bonchev–Trinajstić information content (AvgIpc) is 2.95. The lowest BCUT2D eigenvalue weighted by Crippen LogP contribution is -2.51. The third kappa shape index (κ3) is 6.49. The second kappa shape index (κ2) is 9.63. The molecule has 2 saturated heterocycles.